The van der Waals surface area contributed by atoms with E-state index in [4.69, 9.17) is 18.8 Å². The Labute approximate surface area is 352 Å². The number of thiophene rings is 1. The fraction of sp³-hybridized carbons (Fsp3) is 0. The lowest BCUT2D eigenvalue weighted by molar-refractivity contribution is 0.668. The van der Waals surface area contributed by atoms with Crippen LogP contribution in [-0.2, 0) is 0 Å². The molecule has 6 nitrogen and oxygen atoms in total. The van der Waals surface area contributed by atoms with Crippen LogP contribution >= 0.6 is 11.3 Å². The molecule has 0 saturated carbocycles. The number of nitrogens with zero attached hydrogens (tertiary/aromatic N) is 4. The molecule has 13 rings (SSSR count). The van der Waals surface area contributed by atoms with Crippen LogP contribution in [0.1, 0.15) is 0 Å². The molecule has 0 radical (unpaired) electrons. The van der Waals surface area contributed by atoms with Gasteiger partial charge in [0.2, 0.25) is 5.95 Å². The Hall–Kier alpha value is -8.00. The second kappa shape index (κ2) is 13.3. The zero-order valence-electron chi connectivity index (χ0n) is 32.5. The highest BCUT2D eigenvalue weighted by atomic mass is 32.1. The molecule has 7 heteroatoms. The molecule has 13 aromatic rings. The van der Waals surface area contributed by atoms with Crippen LogP contribution in [0.15, 0.2) is 203 Å². The summed E-state index contributed by atoms with van der Waals surface area (Å²) in [5.74, 6) is 0.586. The summed E-state index contributed by atoms with van der Waals surface area (Å²) in [6.45, 7) is 0. The number of aromatic nitrogens is 2. The molecule has 0 atom stereocenters. The zero-order valence-corrected chi connectivity index (χ0v) is 33.3. The molecule has 0 aliphatic rings. The molecule has 0 N–H and O–H groups in total. The summed E-state index contributed by atoms with van der Waals surface area (Å²) >= 11 is 1.68. The molecule has 286 valence electrons. The average Bonchev–Trinajstić information content (AvgIpc) is 3.99. The number of para-hydroxylation sites is 2. The van der Waals surface area contributed by atoms with E-state index >= 15 is 0 Å². The summed E-state index contributed by atoms with van der Waals surface area (Å²) in [5.41, 5.74) is 8.45. The number of rotatable bonds is 6. The number of anilines is 6. The van der Waals surface area contributed by atoms with Crippen molar-refractivity contribution in [3.63, 3.8) is 0 Å². The number of hydrogen-bond acceptors (Lipinski definition) is 7. The van der Waals surface area contributed by atoms with E-state index in [1.54, 1.807) is 11.3 Å². The maximum absolute atomic E-state index is 6.42. The van der Waals surface area contributed by atoms with Crippen molar-refractivity contribution in [1.29, 1.82) is 0 Å². The zero-order chi connectivity index (χ0) is 40.0. The first-order valence-corrected chi connectivity index (χ1v) is 21.1. The highest BCUT2D eigenvalue weighted by molar-refractivity contribution is 7.25. The Kier molecular flexibility index (Phi) is 7.37. The van der Waals surface area contributed by atoms with Gasteiger partial charge >= 0.3 is 0 Å². The van der Waals surface area contributed by atoms with Gasteiger partial charge < -0.3 is 13.7 Å². The Morgan fingerprint density at radius 3 is 1.48 bits per heavy atom. The molecule has 0 saturated heterocycles. The predicted molar refractivity (Wildman–Crippen MR) is 254 cm³/mol. The third-order valence-corrected chi connectivity index (χ3v) is 13.0. The lowest BCUT2D eigenvalue weighted by atomic mass is 10.1. The van der Waals surface area contributed by atoms with Gasteiger partial charge in [-0.05, 0) is 71.4 Å². The molecule has 0 bridgehead atoms. The van der Waals surface area contributed by atoms with Crippen LogP contribution in [0.4, 0.5) is 34.4 Å². The van der Waals surface area contributed by atoms with Crippen molar-refractivity contribution in [3.8, 4) is 0 Å². The molecule has 0 aliphatic heterocycles. The maximum atomic E-state index is 6.42. The third-order valence-electron chi connectivity index (χ3n) is 11.9. The number of hydrogen-bond donors (Lipinski definition) is 0. The molecule has 9 aromatic carbocycles. The molecule has 0 fully saturated rings. The van der Waals surface area contributed by atoms with Crippen molar-refractivity contribution in [2.75, 3.05) is 9.80 Å². The molecular weight excluding hydrogens is 769 g/mol. The van der Waals surface area contributed by atoms with Gasteiger partial charge in [0.05, 0.1) is 17.1 Å². The van der Waals surface area contributed by atoms with Crippen LogP contribution < -0.4 is 9.80 Å². The molecule has 0 unspecified atom stereocenters. The molecule has 61 heavy (non-hydrogen) atoms. The lowest BCUT2D eigenvalue weighted by Crippen LogP contribution is -2.13. The van der Waals surface area contributed by atoms with E-state index in [9.17, 15) is 0 Å². The van der Waals surface area contributed by atoms with E-state index in [2.05, 4.69) is 168 Å². The SMILES string of the molecule is c1ccc2c(N(c3ccc4c(c3)oc3ccccc34)c3ccc4c(c3)sc3nc(N(c5ccc6c(c5)oc5ccccc56)c5cccc6ccccc56)ncc34)cccc2c1. The number of fused-ring (bicyclic) bond motifs is 11. The van der Waals surface area contributed by atoms with Gasteiger partial charge in [0, 0.05) is 77.5 Å². The average molecular weight is 801 g/mol. The van der Waals surface area contributed by atoms with Crippen molar-refractivity contribution in [2.24, 2.45) is 0 Å². The van der Waals surface area contributed by atoms with E-state index in [-0.39, 0.29) is 0 Å². The van der Waals surface area contributed by atoms with Gasteiger partial charge in [-0.3, -0.25) is 4.90 Å². The standard InChI is InChI=1S/C54H32N4O2S/c1-3-15-38-33(11-1)13-9-19-46(38)57(35-23-26-42-40-17-5-7-21-48(40)59-50(42)29-35)37-25-28-44-45-32-55-54(56-53(45)61-52(44)31-37)58(47-20-10-14-34-12-2-4-16-39(34)47)36-24-27-43-41-18-6-8-22-49(41)60-51(43)30-36/h1-32H. The molecule has 0 aliphatic carbocycles. The minimum atomic E-state index is 0.586. The minimum Gasteiger partial charge on any atom is -0.456 e. The van der Waals surface area contributed by atoms with E-state index in [1.165, 1.54) is 5.39 Å². The topological polar surface area (TPSA) is 58.5 Å². The van der Waals surface area contributed by atoms with Crippen LogP contribution in [0.25, 0.3) is 85.7 Å². The Balaban J connectivity index is 0.981. The minimum absolute atomic E-state index is 0.586. The van der Waals surface area contributed by atoms with E-state index < -0.39 is 0 Å². The molecule has 4 aromatic heterocycles. The van der Waals surface area contributed by atoms with Crippen molar-refractivity contribution in [2.45, 2.75) is 0 Å². The maximum Gasteiger partial charge on any atom is 0.235 e. The van der Waals surface area contributed by atoms with Gasteiger partial charge in [-0.25, -0.2) is 9.97 Å². The lowest BCUT2D eigenvalue weighted by Gasteiger charge is -2.27. The smallest absolute Gasteiger partial charge is 0.235 e. The Morgan fingerprint density at radius 2 is 0.852 bits per heavy atom. The highest BCUT2D eigenvalue weighted by Crippen LogP contribution is 2.45. The van der Waals surface area contributed by atoms with E-state index in [1.807, 2.05) is 36.5 Å². The first kappa shape index (κ1) is 33.9. The number of benzene rings is 9. The van der Waals surface area contributed by atoms with Gasteiger partial charge in [0.25, 0.3) is 0 Å². The summed E-state index contributed by atoms with van der Waals surface area (Å²) in [6, 6.07) is 65.9. The summed E-state index contributed by atoms with van der Waals surface area (Å²) in [5, 5.41) is 11.1. The van der Waals surface area contributed by atoms with Gasteiger partial charge in [-0.15, -0.1) is 11.3 Å². The Morgan fingerprint density at radius 1 is 0.377 bits per heavy atom. The van der Waals surface area contributed by atoms with Crippen LogP contribution in [0.5, 0.6) is 0 Å². The van der Waals surface area contributed by atoms with Crippen molar-refractivity contribution >= 4 is 131 Å². The predicted octanol–water partition coefficient (Wildman–Crippen LogP) is 15.9. The summed E-state index contributed by atoms with van der Waals surface area (Å²) < 4.78 is 13.9. The monoisotopic (exact) mass is 800 g/mol. The van der Waals surface area contributed by atoms with Gasteiger partial charge in [0.15, 0.2) is 0 Å². The van der Waals surface area contributed by atoms with E-state index in [0.29, 0.717) is 5.95 Å². The third kappa shape index (κ3) is 5.34. The molecule has 0 amide bonds. The first-order valence-electron chi connectivity index (χ1n) is 20.3. The molecule has 0 spiro atoms. The van der Waals surface area contributed by atoms with Crippen LogP contribution in [-0.4, -0.2) is 9.97 Å². The normalized spacial score (nSPS) is 11.9. The molecular formula is C54H32N4O2S. The molecule has 4 heterocycles. The van der Waals surface area contributed by atoms with Gasteiger partial charge in [-0.2, -0.15) is 0 Å². The van der Waals surface area contributed by atoms with Crippen molar-refractivity contribution < 1.29 is 8.83 Å². The van der Waals surface area contributed by atoms with Gasteiger partial charge in [0.1, 0.15) is 27.2 Å². The van der Waals surface area contributed by atoms with Gasteiger partial charge in [-0.1, -0.05) is 115 Å². The Bertz CT molecular complexity index is 3620. The van der Waals surface area contributed by atoms with E-state index in [0.717, 1.165) is 109 Å². The van der Waals surface area contributed by atoms with Crippen LogP contribution in [0, 0.1) is 0 Å². The fourth-order valence-corrected chi connectivity index (χ4v) is 10.2. The summed E-state index contributed by atoms with van der Waals surface area (Å²) in [7, 11) is 0. The fourth-order valence-electron chi connectivity index (χ4n) is 9.09. The van der Waals surface area contributed by atoms with Crippen molar-refractivity contribution in [3.05, 3.63) is 194 Å². The largest absolute Gasteiger partial charge is 0.456 e. The second-order valence-electron chi connectivity index (χ2n) is 15.4. The quantitative estimate of drug-likeness (QED) is 0.167. The summed E-state index contributed by atoms with van der Waals surface area (Å²) in [4.78, 5) is 15.9. The van der Waals surface area contributed by atoms with Crippen molar-refractivity contribution in [1.82, 2.24) is 9.97 Å². The highest BCUT2D eigenvalue weighted by Gasteiger charge is 2.23. The van der Waals surface area contributed by atoms with Crippen LogP contribution in [0.3, 0.4) is 0 Å². The summed E-state index contributed by atoms with van der Waals surface area (Å²) in [6.07, 6.45) is 1.98. The van der Waals surface area contributed by atoms with Crippen LogP contribution in [0.2, 0.25) is 0 Å². The first-order chi connectivity index (χ1) is 30.2. The second-order valence-corrected chi connectivity index (χ2v) is 16.4. The number of furan rings is 2.